The van der Waals surface area contributed by atoms with Gasteiger partial charge in [0.1, 0.15) is 6.04 Å². The molecule has 0 bridgehead atoms. The van der Waals surface area contributed by atoms with Crippen molar-refractivity contribution in [1.82, 2.24) is 4.98 Å². The van der Waals surface area contributed by atoms with Gasteiger partial charge in [0.15, 0.2) is 0 Å². The molecule has 0 aliphatic rings. The summed E-state index contributed by atoms with van der Waals surface area (Å²) >= 11 is 18.1. The summed E-state index contributed by atoms with van der Waals surface area (Å²) in [6.07, 6.45) is 1.52. The zero-order valence-electron chi connectivity index (χ0n) is 13.8. The molecule has 0 fully saturated rings. The van der Waals surface area contributed by atoms with E-state index in [4.69, 9.17) is 34.8 Å². The second-order valence-corrected chi connectivity index (χ2v) is 7.03. The summed E-state index contributed by atoms with van der Waals surface area (Å²) in [5.74, 6) is -0.335. The molecule has 0 amide bonds. The van der Waals surface area contributed by atoms with Gasteiger partial charge in [-0.05, 0) is 48.2 Å². The molecule has 1 aromatic heterocycles. The van der Waals surface area contributed by atoms with E-state index in [1.54, 1.807) is 42.5 Å². The molecule has 0 aliphatic carbocycles. The van der Waals surface area contributed by atoms with Gasteiger partial charge in [0.25, 0.3) is 0 Å². The Kier molecular flexibility index (Phi) is 5.82. The monoisotopic (exact) mass is 403 g/mol. The molecular weight excluding hydrogens is 391 g/mol. The van der Waals surface area contributed by atoms with Crippen molar-refractivity contribution >= 4 is 40.7 Å². The van der Waals surface area contributed by atoms with Crippen LogP contribution in [0.2, 0.25) is 15.1 Å². The van der Waals surface area contributed by atoms with Crippen LogP contribution in [0.3, 0.4) is 0 Å². The van der Waals surface area contributed by atoms with Gasteiger partial charge in [0.05, 0.1) is 20.8 Å². The first-order valence-corrected chi connectivity index (χ1v) is 8.95. The normalized spacial score (nSPS) is 12.8. The first kappa shape index (κ1) is 18.7. The summed E-state index contributed by atoms with van der Waals surface area (Å²) in [4.78, 5) is 8.69. The Bertz CT molecular complexity index is 938. The van der Waals surface area contributed by atoms with Crippen LogP contribution in [0.15, 0.2) is 65.8 Å². The van der Waals surface area contributed by atoms with E-state index in [0.717, 1.165) is 11.1 Å². The lowest BCUT2D eigenvalue weighted by Gasteiger charge is -2.19. The highest BCUT2D eigenvalue weighted by atomic mass is 35.5. The van der Waals surface area contributed by atoms with Gasteiger partial charge in [-0.3, -0.25) is 9.98 Å². The van der Waals surface area contributed by atoms with E-state index in [0.29, 0.717) is 26.3 Å². The van der Waals surface area contributed by atoms with Gasteiger partial charge < -0.3 is 5.11 Å². The van der Waals surface area contributed by atoms with E-state index in [-0.39, 0.29) is 5.90 Å². The number of aryl methyl sites for hydroxylation is 1. The van der Waals surface area contributed by atoms with E-state index >= 15 is 0 Å². The molecule has 0 saturated heterocycles. The number of aliphatic imine (C=N–C) groups is 1. The third-order valence-electron chi connectivity index (χ3n) is 3.83. The van der Waals surface area contributed by atoms with Gasteiger partial charge in [-0.15, -0.1) is 0 Å². The van der Waals surface area contributed by atoms with E-state index in [2.05, 4.69) is 9.98 Å². The molecule has 1 unspecified atom stereocenters. The van der Waals surface area contributed by atoms with Gasteiger partial charge >= 0.3 is 0 Å². The minimum absolute atomic E-state index is 0.335. The van der Waals surface area contributed by atoms with Crippen molar-refractivity contribution in [2.75, 3.05) is 0 Å². The average Bonchev–Trinajstić information content (AvgIpc) is 2.63. The van der Waals surface area contributed by atoms with Crippen molar-refractivity contribution in [3.63, 3.8) is 0 Å². The molecule has 0 radical (unpaired) electrons. The smallest absolute Gasteiger partial charge is 0.116 e. The Morgan fingerprint density at radius 2 is 1.69 bits per heavy atom. The Balaban J connectivity index is 2.07. The molecule has 0 aliphatic heterocycles. The van der Waals surface area contributed by atoms with Gasteiger partial charge in [0, 0.05) is 6.20 Å². The number of nitrogens with zero attached hydrogens (tertiary/aromatic N) is 2. The molecule has 0 spiro atoms. The Morgan fingerprint density at radius 3 is 2.31 bits per heavy atom. The van der Waals surface area contributed by atoms with Crippen molar-refractivity contribution in [3.8, 4) is 0 Å². The molecule has 0 N–H and O–H groups in total. The summed E-state index contributed by atoms with van der Waals surface area (Å²) in [6.45, 7) is 1.96. The maximum absolute atomic E-state index is 12.7. The van der Waals surface area contributed by atoms with Gasteiger partial charge in [-0.1, -0.05) is 70.7 Å². The molecule has 132 valence electrons. The van der Waals surface area contributed by atoms with Crippen LogP contribution in [0.4, 0.5) is 0 Å². The quantitative estimate of drug-likeness (QED) is 0.440. The molecule has 2 aromatic carbocycles. The van der Waals surface area contributed by atoms with Crippen LogP contribution in [-0.2, 0) is 0 Å². The fraction of sp³-hybridized carbons (Fsp3) is 0.100. The molecule has 1 heterocycles. The first-order chi connectivity index (χ1) is 12.4. The summed E-state index contributed by atoms with van der Waals surface area (Å²) in [5.41, 5.74) is 2.89. The molecule has 1 atom stereocenters. The number of hydrogen-bond acceptors (Lipinski definition) is 3. The van der Waals surface area contributed by atoms with Crippen molar-refractivity contribution in [1.29, 1.82) is 0 Å². The first-order valence-electron chi connectivity index (χ1n) is 7.82. The van der Waals surface area contributed by atoms with Gasteiger partial charge in [-0.2, -0.15) is 0 Å². The third-order valence-corrected chi connectivity index (χ3v) is 4.80. The summed E-state index contributed by atoms with van der Waals surface area (Å²) in [7, 11) is 0. The minimum Gasteiger partial charge on any atom is -0.858 e. The predicted octanol–water partition coefficient (Wildman–Crippen LogP) is 5.25. The number of pyridine rings is 1. The second-order valence-electron chi connectivity index (χ2n) is 5.78. The van der Waals surface area contributed by atoms with E-state index < -0.39 is 6.04 Å². The van der Waals surface area contributed by atoms with Crippen LogP contribution in [0.25, 0.3) is 0 Å². The van der Waals surface area contributed by atoms with Crippen molar-refractivity contribution in [2.45, 2.75) is 13.0 Å². The number of hydrogen-bond donors (Lipinski definition) is 0. The second kappa shape index (κ2) is 8.09. The topological polar surface area (TPSA) is 48.3 Å². The Labute approximate surface area is 166 Å². The fourth-order valence-corrected chi connectivity index (χ4v) is 2.85. The summed E-state index contributed by atoms with van der Waals surface area (Å²) < 4.78 is 0. The van der Waals surface area contributed by atoms with Gasteiger partial charge in [-0.25, -0.2) is 0 Å². The highest BCUT2D eigenvalue weighted by Gasteiger charge is 2.16. The fourth-order valence-electron chi connectivity index (χ4n) is 2.43. The van der Waals surface area contributed by atoms with E-state index in [1.807, 2.05) is 19.1 Å². The molecule has 3 aromatic rings. The largest absolute Gasteiger partial charge is 0.858 e. The summed E-state index contributed by atoms with van der Waals surface area (Å²) in [5, 5.41) is 14.0. The number of halogens is 3. The van der Waals surface area contributed by atoms with Crippen LogP contribution < -0.4 is 5.11 Å². The molecule has 0 saturated carbocycles. The van der Waals surface area contributed by atoms with Crippen molar-refractivity contribution in [3.05, 3.63) is 98.2 Å². The van der Waals surface area contributed by atoms with Crippen LogP contribution >= 0.6 is 34.8 Å². The zero-order chi connectivity index (χ0) is 18.7. The van der Waals surface area contributed by atoms with Crippen molar-refractivity contribution in [2.24, 2.45) is 4.99 Å². The molecule has 3 rings (SSSR count). The van der Waals surface area contributed by atoms with Gasteiger partial charge in [0.2, 0.25) is 0 Å². The van der Waals surface area contributed by atoms with Crippen molar-refractivity contribution < 1.29 is 5.11 Å². The molecule has 6 heteroatoms. The number of aromatic nitrogens is 1. The number of benzene rings is 2. The average molecular weight is 405 g/mol. The standard InChI is InChI=1S/C20H15Cl3N2O/c1-12-2-4-13(5-3-12)20(26)25-19(18-9-7-15(21)11-24-18)14-6-8-16(22)17(23)10-14/h2-11,19H,1H3,(H,25,26)/p-1. The van der Waals surface area contributed by atoms with E-state index in [9.17, 15) is 5.11 Å². The van der Waals surface area contributed by atoms with E-state index in [1.165, 1.54) is 6.20 Å². The molecular formula is C20H14Cl3N2O-. The minimum atomic E-state index is -0.615. The number of rotatable bonds is 4. The predicted molar refractivity (Wildman–Crippen MR) is 105 cm³/mol. The van der Waals surface area contributed by atoms with Crippen LogP contribution in [-0.4, -0.2) is 10.9 Å². The lowest BCUT2D eigenvalue weighted by molar-refractivity contribution is -0.213. The SMILES string of the molecule is Cc1ccc(C([O-])=NC(c2ccc(Cl)c(Cl)c2)c2ccc(Cl)cn2)cc1. The lowest BCUT2D eigenvalue weighted by atomic mass is 10.0. The maximum atomic E-state index is 12.7. The highest BCUT2D eigenvalue weighted by molar-refractivity contribution is 6.42. The lowest BCUT2D eigenvalue weighted by Crippen LogP contribution is -2.20. The highest BCUT2D eigenvalue weighted by Crippen LogP contribution is 2.31. The third kappa shape index (κ3) is 4.36. The molecule has 26 heavy (non-hydrogen) atoms. The molecule has 3 nitrogen and oxygen atoms in total. The summed E-state index contributed by atoms with van der Waals surface area (Å²) in [6, 6.07) is 15.2. The van der Waals surface area contributed by atoms with Crippen LogP contribution in [0, 0.1) is 6.92 Å². The van der Waals surface area contributed by atoms with Crippen LogP contribution in [0.1, 0.15) is 28.4 Å². The van der Waals surface area contributed by atoms with Crippen LogP contribution in [0.5, 0.6) is 0 Å². The maximum Gasteiger partial charge on any atom is 0.116 e. The zero-order valence-corrected chi connectivity index (χ0v) is 16.1. The Morgan fingerprint density at radius 1 is 0.962 bits per heavy atom. The Hall–Kier alpha value is -2.07.